The summed E-state index contributed by atoms with van der Waals surface area (Å²) in [6.07, 6.45) is 2.02. The van der Waals surface area contributed by atoms with Gasteiger partial charge in [-0.25, -0.2) is 8.42 Å². The van der Waals surface area contributed by atoms with Crippen LogP contribution in [0.2, 0.25) is 0 Å². The molecule has 0 unspecified atom stereocenters. The van der Waals surface area contributed by atoms with Crippen LogP contribution in [-0.4, -0.2) is 60.5 Å². The van der Waals surface area contributed by atoms with Crippen molar-refractivity contribution in [2.24, 2.45) is 0 Å². The van der Waals surface area contributed by atoms with Gasteiger partial charge in [0.15, 0.2) is 11.5 Å². The highest BCUT2D eigenvalue weighted by molar-refractivity contribution is 14.1. The molecular weight excluding hydrogens is 634 g/mol. The van der Waals surface area contributed by atoms with E-state index in [0.29, 0.717) is 12.3 Å². The van der Waals surface area contributed by atoms with Gasteiger partial charge in [0.1, 0.15) is 12.4 Å². The highest BCUT2D eigenvalue weighted by Gasteiger charge is 2.12. The minimum Gasteiger partial charge on any atom is -0.493 e. The Hall–Kier alpha value is -0.990. The van der Waals surface area contributed by atoms with Crippen molar-refractivity contribution in [3.05, 3.63) is 43.0 Å². The van der Waals surface area contributed by atoms with Crippen LogP contribution in [0.25, 0.3) is 0 Å². The second-order valence-electron chi connectivity index (χ2n) is 6.73. The molecule has 2 aromatic carbocycles. The van der Waals surface area contributed by atoms with Crippen LogP contribution in [0, 0.1) is 7.14 Å². The Morgan fingerprint density at radius 3 is 2.20 bits per heavy atom. The van der Waals surface area contributed by atoms with Crippen molar-refractivity contribution in [1.29, 1.82) is 0 Å². The van der Waals surface area contributed by atoms with E-state index >= 15 is 0 Å². The van der Waals surface area contributed by atoms with Crippen LogP contribution in [-0.2, 0) is 16.4 Å². The first kappa shape index (κ1) is 25.3. The molecule has 0 saturated carbocycles. The van der Waals surface area contributed by atoms with Gasteiger partial charge in [0, 0.05) is 13.1 Å². The van der Waals surface area contributed by atoms with Gasteiger partial charge in [0.05, 0.1) is 33.3 Å². The SMILES string of the molecule is COc1ccc(CCN(C)CCOc2c(I)cc(NS(C)(=O)=O)cc2I)cc1OC. The normalized spacial score (nSPS) is 11.4. The molecule has 0 spiro atoms. The average Bonchev–Trinajstić information content (AvgIpc) is 2.66. The van der Waals surface area contributed by atoms with E-state index in [4.69, 9.17) is 14.2 Å². The Morgan fingerprint density at radius 2 is 1.63 bits per heavy atom. The standard InChI is InChI=1S/C20H26I2N2O5S/c1-24(8-7-14-5-6-18(27-2)19(11-14)28-3)9-10-29-20-16(21)12-15(13-17(20)22)23-30(4,25)26/h5-6,11-13,23H,7-10H2,1-4H3. The third kappa shape index (κ3) is 7.93. The molecule has 0 saturated heterocycles. The Morgan fingerprint density at radius 1 is 1.00 bits per heavy atom. The summed E-state index contributed by atoms with van der Waals surface area (Å²) >= 11 is 4.31. The van der Waals surface area contributed by atoms with Gasteiger partial charge in [-0.2, -0.15) is 0 Å². The summed E-state index contributed by atoms with van der Waals surface area (Å²) in [4.78, 5) is 2.20. The number of hydrogen-bond acceptors (Lipinski definition) is 6. The number of methoxy groups -OCH3 is 2. The second-order valence-corrected chi connectivity index (χ2v) is 10.8. The number of benzene rings is 2. The number of anilines is 1. The van der Waals surface area contributed by atoms with Crippen LogP contribution < -0.4 is 18.9 Å². The summed E-state index contributed by atoms with van der Waals surface area (Å²) in [5, 5.41) is 0. The molecule has 2 aromatic rings. The molecule has 166 valence electrons. The molecule has 0 aliphatic rings. The van der Waals surface area contributed by atoms with Gasteiger partial charge in [0.2, 0.25) is 10.0 Å². The molecule has 2 rings (SSSR count). The minimum absolute atomic E-state index is 0.533. The summed E-state index contributed by atoms with van der Waals surface area (Å²) in [6, 6.07) is 9.49. The van der Waals surface area contributed by atoms with Crippen LogP contribution in [0.15, 0.2) is 30.3 Å². The molecule has 10 heteroatoms. The van der Waals surface area contributed by atoms with E-state index in [9.17, 15) is 8.42 Å². The van der Waals surface area contributed by atoms with Gasteiger partial charge in [-0.05, 0) is 88.5 Å². The lowest BCUT2D eigenvalue weighted by molar-refractivity contribution is 0.237. The first-order valence-corrected chi connectivity index (χ1v) is 13.2. The maximum Gasteiger partial charge on any atom is 0.229 e. The van der Waals surface area contributed by atoms with Crippen LogP contribution >= 0.6 is 45.2 Å². The highest BCUT2D eigenvalue weighted by Crippen LogP contribution is 2.31. The molecule has 0 aromatic heterocycles. The van der Waals surface area contributed by atoms with E-state index in [-0.39, 0.29) is 0 Å². The minimum atomic E-state index is -3.31. The molecule has 0 aliphatic carbocycles. The maximum absolute atomic E-state index is 11.4. The third-order valence-electron chi connectivity index (χ3n) is 4.25. The topological polar surface area (TPSA) is 77.1 Å². The van der Waals surface area contributed by atoms with Crippen LogP contribution in [0.4, 0.5) is 5.69 Å². The fraction of sp³-hybridized carbons (Fsp3) is 0.400. The van der Waals surface area contributed by atoms with Crippen molar-refractivity contribution in [1.82, 2.24) is 4.90 Å². The van der Waals surface area contributed by atoms with E-state index in [1.54, 1.807) is 26.4 Å². The number of nitrogens with one attached hydrogen (secondary N) is 1. The maximum atomic E-state index is 11.4. The lowest BCUT2D eigenvalue weighted by atomic mass is 10.1. The van der Waals surface area contributed by atoms with Crippen molar-refractivity contribution in [2.45, 2.75) is 6.42 Å². The number of rotatable bonds is 11. The second kappa shape index (κ2) is 11.6. The Balaban J connectivity index is 1.86. The number of nitrogens with zero attached hydrogens (tertiary/aromatic N) is 1. The van der Waals surface area contributed by atoms with Crippen LogP contribution in [0.5, 0.6) is 17.2 Å². The average molecular weight is 660 g/mol. The molecule has 0 heterocycles. The number of likely N-dealkylation sites (N-methyl/N-ethyl adjacent to an activating group) is 1. The lowest BCUT2D eigenvalue weighted by Gasteiger charge is -2.18. The van der Waals surface area contributed by atoms with Crippen LogP contribution in [0.1, 0.15) is 5.56 Å². The molecule has 0 atom stereocenters. The monoisotopic (exact) mass is 660 g/mol. The summed E-state index contributed by atoms with van der Waals surface area (Å²) in [5.74, 6) is 2.23. The summed E-state index contributed by atoms with van der Waals surface area (Å²) in [5.41, 5.74) is 1.71. The highest BCUT2D eigenvalue weighted by atomic mass is 127. The first-order valence-electron chi connectivity index (χ1n) is 9.12. The molecule has 0 aliphatic heterocycles. The quantitative estimate of drug-likeness (QED) is 0.370. The molecule has 7 nitrogen and oxygen atoms in total. The third-order valence-corrected chi connectivity index (χ3v) is 6.46. The Bertz CT molecular complexity index is 947. The summed E-state index contributed by atoms with van der Waals surface area (Å²) < 4.78 is 43.7. The molecule has 0 fully saturated rings. The van der Waals surface area contributed by atoms with Crippen molar-refractivity contribution in [2.75, 3.05) is 51.9 Å². The largest absolute Gasteiger partial charge is 0.493 e. The molecule has 30 heavy (non-hydrogen) atoms. The zero-order valence-corrected chi connectivity index (χ0v) is 22.5. The molecule has 1 N–H and O–H groups in total. The number of hydrogen-bond donors (Lipinski definition) is 1. The van der Waals surface area contributed by atoms with Crippen molar-refractivity contribution in [3.63, 3.8) is 0 Å². The zero-order valence-electron chi connectivity index (χ0n) is 17.4. The number of sulfonamides is 1. The Kier molecular flexibility index (Phi) is 9.75. The molecule has 0 radical (unpaired) electrons. The van der Waals surface area contributed by atoms with Gasteiger partial charge in [-0.1, -0.05) is 6.07 Å². The lowest BCUT2D eigenvalue weighted by Crippen LogP contribution is -2.26. The molecule has 0 amide bonds. The van der Waals surface area contributed by atoms with E-state index < -0.39 is 10.0 Å². The summed E-state index contributed by atoms with van der Waals surface area (Å²) in [7, 11) is 2.01. The van der Waals surface area contributed by atoms with E-state index in [1.165, 1.54) is 5.56 Å². The smallest absolute Gasteiger partial charge is 0.229 e. The Labute approximate surface area is 205 Å². The fourth-order valence-corrected chi connectivity index (χ4v) is 5.37. The van der Waals surface area contributed by atoms with Gasteiger partial charge >= 0.3 is 0 Å². The zero-order chi connectivity index (χ0) is 22.3. The molecule has 0 bridgehead atoms. The fourth-order valence-electron chi connectivity index (χ4n) is 2.74. The number of ether oxygens (including phenoxy) is 3. The van der Waals surface area contributed by atoms with Crippen molar-refractivity contribution in [3.8, 4) is 17.2 Å². The van der Waals surface area contributed by atoms with E-state index in [1.807, 2.05) is 18.2 Å². The van der Waals surface area contributed by atoms with E-state index in [2.05, 4.69) is 61.9 Å². The first-order chi connectivity index (χ1) is 14.1. The van der Waals surface area contributed by atoms with E-state index in [0.717, 1.165) is 50.2 Å². The summed E-state index contributed by atoms with van der Waals surface area (Å²) in [6.45, 7) is 2.18. The van der Waals surface area contributed by atoms with Crippen molar-refractivity contribution < 1.29 is 22.6 Å². The number of halogens is 2. The van der Waals surface area contributed by atoms with Gasteiger partial charge in [-0.3, -0.25) is 4.72 Å². The van der Waals surface area contributed by atoms with Gasteiger partial charge < -0.3 is 19.1 Å². The predicted octanol–water partition coefficient (Wildman–Crippen LogP) is 3.84. The van der Waals surface area contributed by atoms with Gasteiger partial charge in [0.25, 0.3) is 0 Å². The predicted molar refractivity (Wildman–Crippen MR) is 137 cm³/mol. The van der Waals surface area contributed by atoms with Crippen molar-refractivity contribution >= 4 is 60.9 Å². The van der Waals surface area contributed by atoms with Gasteiger partial charge in [-0.15, -0.1) is 0 Å². The molecular formula is C20H26I2N2O5S. The van der Waals surface area contributed by atoms with Crippen LogP contribution in [0.3, 0.4) is 0 Å².